The Morgan fingerprint density at radius 1 is 1.06 bits per heavy atom. The molecule has 5 nitrogen and oxygen atoms in total. The second-order valence-corrected chi connectivity index (χ2v) is 8.65. The van der Waals surface area contributed by atoms with E-state index in [0.29, 0.717) is 6.61 Å². The lowest BCUT2D eigenvalue weighted by Gasteiger charge is -2.32. The Morgan fingerprint density at radius 3 is 2.45 bits per heavy atom. The second-order valence-electron chi connectivity index (χ2n) is 8.65. The molecular weight excluding hydrogens is 384 g/mol. The molecule has 0 unspecified atom stereocenters. The first-order chi connectivity index (χ1) is 15.0. The first kappa shape index (κ1) is 21.4. The van der Waals surface area contributed by atoms with Gasteiger partial charge in [-0.1, -0.05) is 48.0 Å². The number of hydrogen-bond donors (Lipinski definition) is 0. The van der Waals surface area contributed by atoms with Crippen molar-refractivity contribution in [2.45, 2.75) is 40.2 Å². The Labute approximate surface area is 186 Å². The molecule has 1 aliphatic rings. The molecule has 0 bridgehead atoms. The van der Waals surface area contributed by atoms with E-state index in [2.05, 4.69) is 84.8 Å². The van der Waals surface area contributed by atoms with E-state index >= 15 is 0 Å². The number of fused-ring (bicyclic) bond motifs is 1. The van der Waals surface area contributed by atoms with E-state index in [0.717, 1.165) is 38.3 Å². The average Bonchev–Trinajstić information content (AvgIpc) is 3.08. The van der Waals surface area contributed by atoms with E-state index in [1.54, 1.807) is 7.11 Å². The normalized spacial score (nSPS) is 13.4. The Kier molecular flexibility index (Phi) is 6.33. The molecule has 2 heterocycles. The Morgan fingerprint density at radius 2 is 1.77 bits per heavy atom. The van der Waals surface area contributed by atoms with E-state index in [4.69, 9.17) is 9.84 Å². The maximum absolute atomic E-state index is 5.44. The third-order valence-electron chi connectivity index (χ3n) is 6.14. The number of anilines is 3. The monoisotopic (exact) mass is 418 g/mol. The molecule has 1 aliphatic heterocycles. The van der Waals surface area contributed by atoms with Crippen molar-refractivity contribution in [3.05, 3.63) is 70.3 Å². The fraction of sp³-hybridized carbons (Fsp3) is 0.423. The van der Waals surface area contributed by atoms with Crippen LogP contribution >= 0.6 is 0 Å². The van der Waals surface area contributed by atoms with E-state index in [1.807, 2.05) is 0 Å². The Bertz CT molecular complexity index is 1020. The lowest BCUT2D eigenvalue weighted by molar-refractivity contribution is 0.204. The van der Waals surface area contributed by atoms with Gasteiger partial charge in [0.15, 0.2) is 5.82 Å². The van der Waals surface area contributed by atoms with E-state index in [-0.39, 0.29) is 0 Å². The van der Waals surface area contributed by atoms with Crippen molar-refractivity contribution in [2.24, 2.45) is 7.05 Å². The van der Waals surface area contributed by atoms with Crippen LogP contribution in [0, 0.1) is 20.8 Å². The van der Waals surface area contributed by atoms with Gasteiger partial charge in [-0.3, -0.25) is 4.68 Å². The Hall–Kier alpha value is -2.79. The van der Waals surface area contributed by atoms with Gasteiger partial charge in [-0.05, 0) is 50.3 Å². The highest BCUT2D eigenvalue weighted by Crippen LogP contribution is 2.41. The van der Waals surface area contributed by atoms with Crippen LogP contribution in [0.1, 0.15) is 34.2 Å². The first-order valence-electron chi connectivity index (χ1n) is 11.2. The van der Waals surface area contributed by atoms with Gasteiger partial charge in [-0.2, -0.15) is 5.10 Å². The minimum atomic E-state index is 0.687. The quantitative estimate of drug-likeness (QED) is 0.536. The van der Waals surface area contributed by atoms with Crippen LogP contribution in [0.5, 0.6) is 0 Å². The molecule has 0 atom stereocenters. The predicted molar refractivity (Wildman–Crippen MR) is 129 cm³/mol. The molecule has 2 aromatic carbocycles. The standard InChI is InChI=1S/C26H34N4O/c1-19-16-20(2)24(21(3)17-19)30-13-9-12-23-25(30)27-28(4)26(23)29(14-15-31-5)18-22-10-7-6-8-11-22/h6-8,10-11,16-17H,9,12-15,18H2,1-5H3. The number of rotatable bonds is 7. The molecule has 0 spiro atoms. The van der Waals surface area contributed by atoms with Gasteiger partial charge < -0.3 is 14.5 Å². The van der Waals surface area contributed by atoms with Crippen molar-refractivity contribution in [2.75, 3.05) is 36.6 Å². The van der Waals surface area contributed by atoms with Gasteiger partial charge in [0, 0.05) is 45.0 Å². The molecule has 0 amide bonds. The first-order valence-corrected chi connectivity index (χ1v) is 11.2. The number of aromatic nitrogens is 2. The third kappa shape index (κ3) is 4.33. The van der Waals surface area contributed by atoms with Crippen molar-refractivity contribution in [1.82, 2.24) is 9.78 Å². The fourth-order valence-electron chi connectivity index (χ4n) is 4.98. The number of aryl methyl sites for hydroxylation is 4. The summed E-state index contributed by atoms with van der Waals surface area (Å²) in [5.41, 5.74) is 7.90. The van der Waals surface area contributed by atoms with Crippen LogP contribution in [-0.2, 0) is 24.8 Å². The SMILES string of the molecule is COCCN(Cc1ccccc1)c1c2c(nn1C)N(c1c(C)cc(C)cc1C)CCC2. The summed E-state index contributed by atoms with van der Waals surface area (Å²) in [4.78, 5) is 4.85. The molecule has 0 fully saturated rings. The molecule has 0 saturated carbocycles. The van der Waals surface area contributed by atoms with Crippen LogP contribution in [0.2, 0.25) is 0 Å². The summed E-state index contributed by atoms with van der Waals surface area (Å²) in [5, 5.41) is 5.04. The van der Waals surface area contributed by atoms with E-state index in [9.17, 15) is 0 Å². The van der Waals surface area contributed by atoms with Crippen LogP contribution in [0.4, 0.5) is 17.3 Å². The summed E-state index contributed by atoms with van der Waals surface area (Å²) >= 11 is 0. The molecular formula is C26H34N4O. The number of hydrogen-bond acceptors (Lipinski definition) is 4. The maximum atomic E-state index is 5.44. The van der Waals surface area contributed by atoms with Gasteiger partial charge in [0.2, 0.25) is 0 Å². The molecule has 0 radical (unpaired) electrons. The van der Waals surface area contributed by atoms with Crippen LogP contribution in [0.25, 0.3) is 0 Å². The summed E-state index contributed by atoms with van der Waals surface area (Å²) in [6.45, 7) is 9.97. The lowest BCUT2D eigenvalue weighted by Crippen LogP contribution is -2.30. The molecule has 4 rings (SSSR count). The molecule has 5 heteroatoms. The zero-order valence-corrected chi connectivity index (χ0v) is 19.5. The predicted octanol–water partition coefficient (Wildman–Crippen LogP) is 5.08. The van der Waals surface area contributed by atoms with Crippen LogP contribution in [-0.4, -0.2) is 36.6 Å². The van der Waals surface area contributed by atoms with Gasteiger partial charge in [0.1, 0.15) is 5.82 Å². The van der Waals surface area contributed by atoms with E-state index in [1.165, 1.54) is 39.3 Å². The molecule has 31 heavy (non-hydrogen) atoms. The molecule has 3 aromatic rings. The highest BCUT2D eigenvalue weighted by Gasteiger charge is 2.30. The molecule has 1 aromatic heterocycles. The van der Waals surface area contributed by atoms with E-state index < -0.39 is 0 Å². The van der Waals surface area contributed by atoms with Crippen LogP contribution in [0.15, 0.2) is 42.5 Å². The highest BCUT2D eigenvalue weighted by molar-refractivity contribution is 5.74. The molecule has 164 valence electrons. The Balaban J connectivity index is 1.75. The number of benzene rings is 2. The number of ether oxygens (including phenoxy) is 1. The van der Waals surface area contributed by atoms with Gasteiger partial charge in [-0.25, -0.2) is 0 Å². The summed E-state index contributed by atoms with van der Waals surface area (Å²) in [7, 11) is 3.84. The average molecular weight is 419 g/mol. The zero-order valence-electron chi connectivity index (χ0n) is 19.5. The second kappa shape index (κ2) is 9.15. The summed E-state index contributed by atoms with van der Waals surface area (Å²) in [6.07, 6.45) is 2.18. The number of methoxy groups -OCH3 is 1. The van der Waals surface area contributed by atoms with Gasteiger partial charge in [0.25, 0.3) is 0 Å². The lowest BCUT2D eigenvalue weighted by atomic mass is 10.00. The zero-order chi connectivity index (χ0) is 22.0. The largest absolute Gasteiger partial charge is 0.383 e. The van der Waals surface area contributed by atoms with Gasteiger partial charge in [-0.15, -0.1) is 0 Å². The molecule has 0 aliphatic carbocycles. The van der Waals surface area contributed by atoms with Crippen molar-refractivity contribution < 1.29 is 4.74 Å². The topological polar surface area (TPSA) is 33.5 Å². The maximum Gasteiger partial charge on any atom is 0.160 e. The fourth-order valence-corrected chi connectivity index (χ4v) is 4.98. The molecule has 0 saturated heterocycles. The van der Waals surface area contributed by atoms with Crippen molar-refractivity contribution >= 4 is 17.3 Å². The van der Waals surface area contributed by atoms with Crippen molar-refractivity contribution in [3.63, 3.8) is 0 Å². The van der Waals surface area contributed by atoms with Crippen molar-refractivity contribution in [3.8, 4) is 0 Å². The van der Waals surface area contributed by atoms with Crippen molar-refractivity contribution in [1.29, 1.82) is 0 Å². The summed E-state index contributed by atoms with van der Waals surface area (Å²) < 4.78 is 7.51. The summed E-state index contributed by atoms with van der Waals surface area (Å²) in [5.74, 6) is 2.32. The smallest absolute Gasteiger partial charge is 0.160 e. The third-order valence-corrected chi connectivity index (χ3v) is 6.14. The number of nitrogens with zero attached hydrogens (tertiary/aromatic N) is 4. The van der Waals surface area contributed by atoms with Crippen LogP contribution in [0.3, 0.4) is 0 Å². The minimum absolute atomic E-state index is 0.687. The molecule has 0 N–H and O–H groups in total. The van der Waals surface area contributed by atoms with Crippen LogP contribution < -0.4 is 9.80 Å². The van der Waals surface area contributed by atoms with Gasteiger partial charge in [0.05, 0.1) is 6.61 Å². The summed E-state index contributed by atoms with van der Waals surface area (Å²) in [6, 6.07) is 15.2. The minimum Gasteiger partial charge on any atom is -0.383 e. The highest BCUT2D eigenvalue weighted by atomic mass is 16.5. The van der Waals surface area contributed by atoms with Gasteiger partial charge >= 0.3 is 0 Å².